The zero-order valence-corrected chi connectivity index (χ0v) is 12.5. The molecule has 0 saturated heterocycles. The van der Waals surface area contributed by atoms with Crippen LogP contribution in [0.3, 0.4) is 0 Å². The van der Waals surface area contributed by atoms with E-state index in [0.717, 1.165) is 10.9 Å². The molecule has 0 spiro atoms. The number of esters is 1. The molecule has 0 aliphatic rings. The van der Waals surface area contributed by atoms with E-state index < -0.39 is 5.97 Å². The fourth-order valence-electron chi connectivity index (χ4n) is 1.38. The average molecular weight is 326 g/mol. The van der Waals surface area contributed by atoms with E-state index in [1.807, 2.05) is 19.1 Å². The molecule has 1 aromatic rings. The van der Waals surface area contributed by atoms with Crippen LogP contribution in [0.15, 0.2) is 40.4 Å². The fraction of sp³-hybridized carbons (Fsp3) is 0.286. The first-order chi connectivity index (χ1) is 9.04. The third-order valence-corrected chi connectivity index (χ3v) is 3.01. The molecule has 0 bridgehead atoms. The van der Waals surface area contributed by atoms with E-state index in [2.05, 4.69) is 21.2 Å². The number of anilines is 1. The minimum Gasteiger partial charge on any atom is -0.452 e. The molecule has 0 aliphatic carbocycles. The summed E-state index contributed by atoms with van der Waals surface area (Å²) in [5, 5.41) is 2.65. The van der Waals surface area contributed by atoms with Crippen molar-refractivity contribution in [1.29, 1.82) is 0 Å². The molecule has 19 heavy (non-hydrogen) atoms. The summed E-state index contributed by atoms with van der Waals surface area (Å²) in [6.45, 7) is 3.29. The van der Waals surface area contributed by atoms with Crippen molar-refractivity contribution in [2.45, 2.75) is 20.3 Å². The van der Waals surface area contributed by atoms with E-state index in [-0.39, 0.29) is 12.5 Å². The Morgan fingerprint density at radius 3 is 2.68 bits per heavy atom. The number of carbonyl (C=O) groups is 2. The zero-order chi connectivity index (χ0) is 14.3. The van der Waals surface area contributed by atoms with Crippen LogP contribution >= 0.6 is 15.9 Å². The van der Waals surface area contributed by atoms with Gasteiger partial charge in [0.2, 0.25) is 0 Å². The Bertz CT molecular complexity index is 497. The standard InChI is InChI=1S/C14H16BrNO3/c1-3-6-10(2)14(18)19-9-13(17)16-12-8-5-4-7-11(12)15/h4-8H,3,9H2,1-2H3,(H,16,17)/b10-6+. The van der Waals surface area contributed by atoms with Gasteiger partial charge in [-0.2, -0.15) is 0 Å². The molecule has 0 saturated carbocycles. The monoisotopic (exact) mass is 325 g/mol. The second-order valence-electron chi connectivity index (χ2n) is 3.90. The first kappa shape index (κ1) is 15.4. The summed E-state index contributed by atoms with van der Waals surface area (Å²) in [5.74, 6) is -0.839. The molecule has 4 nitrogen and oxygen atoms in total. The summed E-state index contributed by atoms with van der Waals surface area (Å²) in [4.78, 5) is 23.1. The molecule has 0 aliphatic heterocycles. The number of halogens is 1. The van der Waals surface area contributed by atoms with Gasteiger partial charge in [-0.3, -0.25) is 4.79 Å². The van der Waals surface area contributed by atoms with E-state index in [9.17, 15) is 9.59 Å². The summed E-state index contributed by atoms with van der Waals surface area (Å²) < 4.78 is 5.67. The number of benzene rings is 1. The molecule has 0 aromatic heterocycles. The Labute approximate surface area is 121 Å². The lowest BCUT2D eigenvalue weighted by Gasteiger charge is -2.08. The maximum Gasteiger partial charge on any atom is 0.333 e. The van der Waals surface area contributed by atoms with Gasteiger partial charge in [-0.25, -0.2) is 4.79 Å². The number of rotatable bonds is 5. The molecule has 0 unspecified atom stereocenters. The van der Waals surface area contributed by atoms with E-state index in [0.29, 0.717) is 11.3 Å². The van der Waals surface area contributed by atoms with Crippen LogP contribution in [0.2, 0.25) is 0 Å². The first-order valence-corrected chi connectivity index (χ1v) is 6.72. The molecular formula is C14H16BrNO3. The zero-order valence-electron chi connectivity index (χ0n) is 10.9. The maximum absolute atomic E-state index is 11.6. The summed E-state index contributed by atoms with van der Waals surface area (Å²) in [5.41, 5.74) is 1.15. The van der Waals surface area contributed by atoms with Gasteiger partial charge in [-0.05, 0) is 41.4 Å². The van der Waals surface area contributed by atoms with Gasteiger partial charge in [-0.15, -0.1) is 0 Å². The van der Waals surface area contributed by atoms with Crippen molar-refractivity contribution in [3.05, 3.63) is 40.4 Å². The predicted molar refractivity (Wildman–Crippen MR) is 77.8 cm³/mol. The van der Waals surface area contributed by atoms with Gasteiger partial charge in [-0.1, -0.05) is 25.1 Å². The summed E-state index contributed by atoms with van der Waals surface area (Å²) in [7, 11) is 0. The predicted octanol–water partition coefficient (Wildman–Crippen LogP) is 3.29. The molecule has 5 heteroatoms. The summed E-state index contributed by atoms with van der Waals surface area (Å²) in [6, 6.07) is 7.22. The van der Waals surface area contributed by atoms with E-state index >= 15 is 0 Å². The minimum atomic E-state index is -0.468. The first-order valence-electron chi connectivity index (χ1n) is 5.92. The van der Waals surface area contributed by atoms with Crippen LogP contribution < -0.4 is 5.32 Å². The number of nitrogens with one attached hydrogen (secondary N) is 1. The van der Waals surface area contributed by atoms with E-state index in [1.54, 1.807) is 25.1 Å². The van der Waals surface area contributed by atoms with Crippen LogP contribution in [0.25, 0.3) is 0 Å². The van der Waals surface area contributed by atoms with Gasteiger partial charge >= 0.3 is 5.97 Å². The van der Waals surface area contributed by atoms with Crippen LogP contribution in [-0.4, -0.2) is 18.5 Å². The Morgan fingerprint density at radius 2 is 2.05 bits per heavy atom. The van der Waals surface area contributed by atoms with Gasteiger partial charge in [0, 0.05) is 10.0 Å². The van der Waals surface area contributed by atoms with E-state index in [4.69, 9.17) is 4.74 Å². The van der Waals surface area contributed by atoms with Crippen molar-refractivity contribution in [3.63, 3.8) is 0 Å². The maximum atomic E-state index is 11.6. The van der Waals surface area contributed by atoms with Crippen LogP contribution in [0.5, 0.6) is 0 Å². The molecule has 0 radical (unpaired) electrons. The van der Waals surface area contributed by atoms with Crippen molar-refractivity contribution < 1.29 is 14.3 Å². The molecule has 1 N–H and O–H groups in total. The second kappa shape index (κ2) is 7.74. The lowest BCUT2D eigenvalue weighted by Crippen LogP contribution is -2.21. The van der Waals surface area contributed by atoms with Gasteiger partial charge in [0.05, 0.1) is 5.69 Å². The number of allylic oxidation sites excluding steroid dienone is 1. The molecular weight excluding hydrogens is 310 g/mol. The number of para-hydroxylation sites is 1. The number of amides is 1. The normalized spacial score (nSPS) is 11.0. The van der Waals surface area contributed by atoms with Crippen molar-refractivity contribution >= 4 is 33.5 Å². The summed E-state index contributed by atoms with van der Waals surface area (Å²) in [6.07, 6.45) is 2.51. The number of carbonyl (C=O) groups excluding carboxylic acids is 2. The lowest BCUT2D eigenvalue weighted by atomic mass is 10.2. The van der Waals surface area contributed by atoms with Crippen LogP contribution in [0.4, 0.5) is 5.69 Å². The largest absolute Gasteiger partial charge is 0.452 e. The molecule has 0 fully saturated rings. The highest BCUT2D eigenvalue weighted by atomic mass is 79.9. The van der Waals surface area contributed by atoms with Crippen LogP contribution in [0, 0.1) is 0 Å². The Kier molecular flexibility index (Phi) is 6.29. The quantitative estimate of drug-likeness (QED) is 0.667. The van der Waals surface area contributed by atoms with Crippen molar-refractivity contribution in [1.82, 2.24) is 0 Å². The molecule has 1 amide bonds. The highest BCUT2D eigenvalue weighted by Gasteiger charge is 2.10. The third kappa shape index (κ3) is 5.26. The van der Waals surface area contributed by atoms with Crippen molar-refractivity contribution in [2.75, 3.05) is 11.9 Å². The van der Waals surface area contributed by atoms with Gasteiger partial charge in [0.1, 0.15) is 0 Å². The Balaban J connectivity index is 2.47. The van der Waals surface area contributed by atoms with E-state index in [1.165, 1.54) is 0 Å². The number of hydrogen-bond donors (Lipinski definition) is 1. The molecule has 0 atom stereocenters. The Hall–Kier alpha value is -1.62. The van der Waals surface area contributed by atoms with Gasteiger partial charge in [0.15, 0.2) is 6.61 Å². The molecule has 102 valence electrons. The van der Waals surface area contributed by atoms with Crippen LogP contribution in [0.1, 0.15) is 20.3 Å². The molecule has 0 heterocycles. The summed E-state index contributed by atoms with van der Waals surface area (Å²) >= 11 is 3.32. The number of hydrogen-bond acceptors (Lipinski definition) is 3. The fourth-order valence-corrected chi connectivity index (χ4v) is 1.77. The highest BCUT2D eigenvalue weighted by molar-refractivity contribution is 9.10. The SMILES string of the molecule is CC/C=C(\C)C(=O)OCC(=O)Nc1ccccc1Br. The topological polar surface area (TPSA) is 55.4 Å². The minimum absolute atomic E-state index is 0.297. The Morgan fingerprint density at radius 1 is 1.37 bits per heavy atom. The third-order valence-electron chi connectivity index (χ3n) is 2.31. The number of ether oxygens (including phenoxy) is 1. The second-order valence-corrected chi connectivity index (χ2v) is 4.75. The van der Waals surface area contributed by atoms with Crippen molar-refractivity contribution in [3.8, 4) is 0 Å². The smallest absolute Gasteiger partial charge is 0.333 e. The van der Waals surface area contributed by atoms with Gasteiger partial charge < -0.3 is 10.1 Å². The lowest BCUT2D eigenvalue weighted by molar-refractivity contribution is -0.143. The molecule has 1 aromatic carbocycles. The van der Waals surface area contributed by atoms with Crippen molar-refractivity contribution in [2.24, 2.45) is 0 Å². The van der Waals surface area contributed by atoms with Crippen LogP contribution in [-0.2, 0) is 14.3 Å². The highest BCUT2D eigenvalue weighted by Crippen LogP contribution is 2.20. The average Bonchev–Trinajstić information content (AvgIpc) is 2.39. The molecule has 1 rings (SSSR count). The van der Waals surface area contributed by atoms with Gasteiger partial charge in [0.25, 0.3) is 5.91 Å².